The van der Waals surface area contributed by atoms with Crippen LogP contribution in [0.3, 0.4) is 0 Å². The summed E-state index contributed by atoms with van der Waals surface area (Å²) in [4.78, 5) is 11.7. The average molecular weight is 329 g/mol. The van der Waals surface area contributed by atoms with Crippen molar-refractivity contribution in [1.29, 1.82) is 0 Å². The molecule has 19 heavy (non-hydrogen) atoms. The second kappa shape index (κ2) is 6.04. The van der Waals surface area contributed by atoms with Crippen LogP contribution in [0.5, 0.6) is 0 Å². The van der Waals surface area contributed by atoms with Crippen LogP contribution >= 0.6 is 15.9 Å². The molecule has 0 atom stereocenters. The normalized spacial score (nSPS) is 18.8. The summed E-state index contributed by atoms with van der Waals surface area (Å²) in [5.74, 6) is -1.02. The molecule has 104 valence electrons. The van der Waals surface area contributed by atoms with Gasteiger partial charge in [0.25, 0.3) is 0 Å². The first-order chi connectivity index (χ1) is 9.03. The van der Waals surface area contributed by atoms with E-state index in [9.17, 15) is 14.3 Å². The summed E-state index contributed by atoms with van der Waals surface area (Å²) in [6.07, 6.45) is 6.09. The van der Waals surface area contributed by atoms with Gasteiger partial charge in [0.1, 0.15) is 5.82 Å². The monoisotopic (exact) mass is 328 g/mol. The minimum absolute atomic E-state index is 0.311. The summed E-state index contributed by atoms with van der Waals surface area (Å²) >= 11 is 3.16. The van der Waals surface area contributed by atoms with Crippen LogP contribution in [0.1, 0.15) is 44.1 Å². The summed E-state index contributed by atoms with van der Waals surface area (Å²) in [7, 11) is 0. The van der Waals surface area contributed by atoms with Crippen molar-refractivity contribution < 1.29 is 14.3 Å². The minimum atomic E-state index is -0.713. The minimum Gasteiger partial charge on any atom is -0.481 e. The standard InChI is InChI=1S/C15H18BrFO2/c16-12-9-11(5-6-13(12)17)10-15(14(18)19)7-3-1-2-4-8-15/h5-6,9H,1-4,7-8,10H2,(H,18,19). The first kappa shape index (κ1) is 14.5. The lowest BCUT2D eigenvalue weighted by atomic mass is 9.75. The number of carboxylic acid groups (broad SMARTS) is 1. The van der Waals surface area contributed by atoms with E-state index in [1.807, 2.05) is 0 Å². The van der Waals surface area contributed by atoms with Gasteiger partial charge in [-0.1, -0.05) is 31.7 Å². The molecule has 1 aromatic carbocycles. The summed E-state index contributed by atoms with van der Waals surface area (Å²) in [6.45, 7) is 0. The van der Waals surface area contributed by atoms with E-state index in [2.05, 4.69) is 15.9 Å². The van der Waals surface area contributed by atoms with Crippen molar-refractivity contribution in [3.8, 4) is 0 Å². The van der Waals surface area contributed by atoms with Gasteiger partial charge in [0.2, 0.25) is 0 Å². The molecule has 0 spiro atoms. The van der Waals surface area contributed by atoms with Crippen molar-refractivity contribution in [2.45, 2.75) is 44.9 Å². The van der Waals surface area contributed by atoms with Crippen molar-refractivity contribution >= 4 is 21.9 Å². The van der Waals surface area contributed by atoms with Crippen molar-refractivity contribution in [2.75, 3.05) is 0 Å². The Labute approximate surface area is 121 Å². The Morgan fingerprint density at radius 1 is 1.26 bits per heavy atom. The molecule has 2 nitrogen and oxygen atoms in total. The van der Waals surface area contributed by atoms with Crippen LogP contribution in [0.25, 0.3) is 0 Å². The highest BCUT2D eigenvalue weighted by molar-refractivity contribution is 9.10. The number of carboxylic acids is 1. The van der Waals surface area contributed by atoms with E-state index in [-0.39, 0.29) is 5.82 Å². The average Bonchev–Trinajstić information content (AvgIpc) is 2.60. The van der Waals surface area contributed by atoms with Crippen LogP contribution < -0.4 is 0 Å². The number of hydrogen-bond donors (Lipinski definition) is 1. The van der Waals surface area contributed by atoms with E-state index in [0.717, 1.165) is 44.1 Å². The quantitative estimate of drug-likeness (QED) is 0.826. The fourth-order valence-electron chi connectivity index (χ4n) is 2.91. The molecular weight excluding hydrogens is 311 g/mol. The molecule has 0 aromatic heterocycles. The molecule has 0 heterocycles. The van der Waals surface area contributed by atoms with Crippen molar-refractivity contribution in [2.24, 2.45) is 5.41 Å². The summed E-state index contributed by atoms with van der Waals surface area (Å²) < 4.78 is 13.6. The van der Waals surface area contributed by atoms with Gasteiger partial charge in [0, 0.05) is 0 Å². The number of carbonyl (C=O) groups is 1. The van der Waals surface area contributed by atoms with Gasteiger partial charge >= 0.3 is 5.97 Å². The third-order valence-electron chi connectivity index (χ3n) is 4.04. The predicted molar refractivity (Wildman–Crippen MR) is 75.6 cm³/mol. The highest BCUT2D eigenvalue weighted by Crippen LogP contribution is 2.38. The molecule has 1 aliphatic carbocycles. The van der Waals surface area contributed by atoms with Crippen molar-refractivity contribution in [3.63, 3.8) is 0 Å². The van der Waals surface area contributed by atoms with E-state index in [1.165, 1.54) is 6.07 Å². The first-order valence-corrected chi connectivity index (χ1v) is 7.50. The molecule has 0 radical (unpaired) electrons. The van der Waals surface area contributed by atoms with Crippen LogP contribution in [-0.4, -0.2) is 11.1 Å². The lowest BCUT2D eigenvalue weighted by Gasteiger charge is -2.28. The smallest absolute Gasteiger partial charge is 0.309 e. The number of benzene rings is 1. The number of rotatable bonds is 3. The van der Waals surface area contributed by atoms with Gasteiger partial charge in [-0.15, -0.1) is 0 Å². The summed E-state index contributed by atoms with van der Waals surface area (Å²) in [6, 6.07) is 4.78. The van der Waals surface area contributed by atoms with E-state index >= 15 is 0 Å². The van der Waals surface area contributed by atoms with Crippen LogP contribution in [0.2, 0.25) is 0 Å². The molecule has 0 amide bonds. The topological polar surface area (TPSA) is 37.3 Å². The molecule has 0 aliphatic heterocycles. The predicted octanol–water partition coefficient (Wildman–Crippen LogP) is 4.56. The maximum absolute atomic E-state index is 13.2. The fourth-order valence-corrected chi connectivity index (χ4v) is 3.34. The number of aliphatic carboxylic acids is 1. The Morgan fingerprint density at radius 2 is 1.89 bits per heavy atom. The summed E-state index contributed by atoms with van der Waals surface area (Å²) in [5, 5.41) is 9.61. The van der Waals surface area contributed by atoms with Crippen LogP contribution in [-0.2, 0) is 11.2 Å². The summed E-state index contributed by atoms with van der Waals surface area (Å²) in [5.41, 5.74) is 0.214. The van der Waals surface area contributed by atoms with Crippen LogP contribution in [0, 0.1) is 11.2 Å². The van der Waals surface area contributed by atoms with E-state index in [0.29, 0.717) is 10.9 Å². The van der Waals surface area contributed by atoms with Crippen LogP contribution in [0.4, 0.5) is 4.39 Å². The molecule has 0 bridgehead atoms. The maximum atomic E-state index is 13.2. The van der Waals surface area contributed by atoms with Gasteiger partial charge in [-0.05, 0) is 52.9 Å². The molecule has 1 aliphatic rings. The van der Waals surface area contributed by atoms with E-state index < -0.39 is 11.4 Å². The van der Waals surface area contributed by atoms with Gasteiger partial charge in [-0.25, -0.2) is 4.39 Å². The third-order valence-corrected chi connectivity index (χ3v) is 4.65. The van der Waals surface area contributed by atoms with Gasteiger partial charge in [-0.2, -0.15) is 0 Å². The van der Waals surface area contributed by atoms with E-state index in [4.69, 9.17) is 0 Å². The second-order valence-electron chi connectivity index (χ2n) is 5.42. The lowest BCUT2D eigenvalue weighted by Crippen LogP contribution is -2.33. The third kappa shape index (κ3) is 3.35. The molecule has 1 fully saturated rings. The van der Waals surface area contributed by atoms with Crippen molar-refractivity contribution in [3.05, 3.63) is 34.1 Å². The SMILES string of the molecule is O=C(O)C1(Cc2ccc(F)c(Br)c2)CCCCCC1. The largest absolute Gasteiger partial charge is 0.481 e. The molecule has 0 saturated heterocycles. The molecule has 2 rings (SSSR count). The Balaban J connectivity index is 2.24. The van der Waals surface area contributed by atoms with Crippen molar-refractivity contribution in [1.82, 2.24) is 0 Å². The molecular formula is C15H18BrFO2. The molecule has 0 unspecified atom stereocenters. The molecule has 1 aromatic rings. The Bertz CT molecular complexity index is 465. The highest BCUT2D eigenvalue weighted by atomic mass is 79.9. The Morgan fingerprint density at radius 3 is 2.42 bits per heavy atom. The zero-order valence-corrected chi connectivity index (χ0v) is 12.4. The molecule has 1 N–H and O–H groups in total. The Kier molecular flexibility index (Phi) is 4.61. The van der Waals surface area contributed by atoms with Crippen LogP contribution in [0.15, 0.2) is 22.7 Å². The number of hydrogen-bond acceptors (Lipinski definition) is 1. The first-order valence-electron chi connectivity index (χ1n) is 6.71. The Hall–Kier alpha value is -0.900. The molecule has 4 heteroatoms. The zero-order chi connectivity index (χ0) is 13.9. The lowest BCUT2D eigenvalue weighted by molar-refractivity contribution is -0.149. The van der Waals surface area contributed by atoms with Gasteiger partial charge in [-0.3, -0.25) is 4.79 Å². The van der Waals surface area contributed by atoms with Gasteiger partial charge in [0.15, 0.2) is 0 Å². The molecule has 1 saturated carbocycles. The van der Waals surface area contributed by atoms with Gasteiger partial charge < -0.3 is 5.11 Å². The fraction of sp³-hybridized carbons (Fsp3) is 0.533. The van der Waals surface area contributed by atoms with Gasteiger partial charge in [0.05, 0.1) is 9.89 Å². The number of halogens is 2. The van der Waals surface area contributed by atoms with E-state index in [1.54, 1.807) is 12.1 Å². The highest BCUT2D eigenvalue weighted by Gasteiger charge is 2.38. The second-order valence-corrected chi connectivity index (χ2v) is 6.28. The maximum Gasteiger partial charge on any atom is 0.309 e. The zero-order valence-electron chi connectivity index (χ0n) is 10.8.